The Morgan fingerprint density at radius 2 is 1.97 bits per heavy atom. The maximum atomic E-state index is 13.0. The lowest BCUT2D eigenvalue weighted by molar-refractivity contribution is -0.131. The average Bonchev–Trinajstić information content (AvgIpc) is 3.42. The Bertz CT molecular complexity index is 1060. The zero-order valence-electron chi connectivity index (χ0n) is 17.3. The van der Waals surface area contributed by atoms with Crippen LogP contribution in [0.4, 0.5) is 0 Å². The molecule has 1 saturated heterocycles. The molecular formula is C21H24N4O3S2. The molecule has 1 atom stereocenters. The third-order valence-corrected chi connectivity index (χ3v) is 7.38. The van der Waals surface area contributed by atoms with E-state index in [1.807, 2.05) is 18.7 Å². The minimum Gasteiger partial charge on any atom is -0.459 e. The van der Waals surface area contributed by atoms with Gasteiger partial charge in [-0.1, -0.05) is 18.7 Å². The highest BCUT2D eigenvalue weighted by atomic mass is 32.2. The summed E-state index contributed by atoms with van der Waals surface area (Å²) >= 11 is 3.17. The van der Waals surface area contributed by atoms with Gasteiger partial charge in [-0.25, -0.2) is 9.97 Å². The number of aromatic nitrogens is 2. The molecule has 0 radical (unpaired) electrons. The van der Waals surface area contributed by atoms with E-state index in [1.54, 1.807) is 28.4 Å². The zero-order valence-corrected chi connectivity index (χ0v) is 18.9. The number of carbonyl (C=O) groups is 2. The van der Waals surface area contributed by atoms with E-state index >= 15 is 0 Å². The summed E-state index contributed by atoms with van der Waals surface area (Å²) in [5.74, 6) is 1.00. The summed E-state index contributed by atoms with van der Waals surface area (Å²) in [6.07, 6.45) is 2.45. The summed E-state index contributed by atoms with van der Waals surface area (Å²) < 4.78 is 5.20. The van der Waals surface area contributed by atoms with E-state index in [0.717, 1.165) is 27.5 Å². The molecule has 0 aromatic carbocycles. The number of amides is 2. The molecule has 158 valence electrons. The number of hydrogen-bond donors (Lipinski definition) is 0. The van der Waals surface area contributed by atoms with Gasteiger partial charge in [-0.05, 0) is 38.5 Å². The molecule has 1 fully saturated rings. The highest BCUT2D eigenvalue weighted by Crippen LogP contribution is 2.34. The second kappa shape index (κ2) is 8.77. The Morgan fingerprint density at radius 3 is 2.63 bits per heavy atom. The van der Waals surface area contributed by atoms with Gasteiger partial charge in [0, 0.05) is 36.4 Å². The summed E-state index contributed by atoms with van der Waals surface area (Å²) in [4.78, 5) is 40.4. The van der Waals surface area contributed by atoms with Crippen molar-refractivity contribution in [3.63, 3.8) is 0 Å². The molecule has 9 heteroatoms. The first kappa shape index (κ1) is 20.9. The first-order chi connectivity index (χ1) is 14.5. The SMILES string of the molecule is CCc1cc2c(SC(C)C(=O)N3CCN(C(=O)c4ccco4)CC3)nc(C)nc2s1. The molecule has 30 heavy (non-hydrogen) atoms. The molecule has 4 heterocycles. The van der Waals surface area contributed by atoms with Crippen LogP contribution in [0.3, 0.4) is 0 Å². The van der Waals surface area contributed by atoms with E-state index in [4.69, 9.17) is 4.42 Å². The van der Waals surface area contributed by atoms with Crippen molar-refractivity contribution in [2.24, 2.45) is 0 Å². The summed E-state index contributed by atoms with van der Waals surface area (Å²) in [6.45, 7) is 7.98. The Balaban J connectivity index is 1.41. The van der Waals surface area contributed by atoms with Crippen LogP contribution in [0.1, 0.15) is 35.1 Å². The number of furan rings is 1. The third kappa shape index (κ3) is 4.22. The average molecular weight is 445 g/mol. The van der Waals surface area contributed by atoms with Crippen LogP contribution in [0.2, 0.25) is 0 Å². The van der Waals surface area contributed by atoms with Crippen molar-refractivity contribution >= 4 is 45.1 Å². The number of piperazine rings is 1. The molecule has 1 unspecified atom stereocenters. The highest BCUT2D eigenvalue weighted by molar-refractivity contribution is 8.00. The molecule has 2 amide bonds. The van der Waals surface area contributed by atoms with Crippen molar-refractivity contribution in [2.45, 2.75) is 37.5 Å². The third-order valence-electron chi connectivity index (χ3n) is 5.12. The van der Waals surface area contributed by atoms with Crippen LogP contribution in [-0.4, -0.2) is 63.0 Å². The summed E-state index contributed by atoms with van der Waals surface area (Å²) in [5.41, 5.74) is 0. The molecule has 0 aliphatic carbocycles. The summed E-state index contributed by atoms with van der Waals surface area (Å²) in [7, 11) is 0. The van der Waals surface area contributed by atoms with Crippen LogP contribution in [0.15, 0.2) is 33.9 Å². The Morgan fingerprint density at radius 1 is 1.23 bits per heavy atom. The molecule has 1 aliphatic heterocycles. The van der Waals surface area contributed by atoms with Crippen molar-refractivity contribution in [2.75, 3.05) is 26.2 Å². The van der Waals surface area contributed by atoms with Gasteiger partial charge in [0.05, 0.1) is 11.5 Å². The van der Waals surface area contributed by atoms with Gasteiger partial charge >= 0.3 is 0 Å². The number of carbonyl (C=O) groups excluding carboxylic acids is 2. The largest absolute Gasteiger partial charge is 0.459 e. The number of thiophene rings is 1. The van der Waals surface area contributed by atoms with Crippen LogP contribution in [0.5, 0.6) is 0 Å². The molecule has 4 rings (SSSR count). The van der Waals surface area contributed by atoms with Crippen LogP contribution >= 0.6 is 23.1 Å². The number of rotatable bonds is 5. The van der Waals surface area contributed by atoms with Crippen LogP contribution in [-0.2, 0) is 11.2 Å². The smallest absolute Gasteiger partial charge is 0.289 e. The molecule has 0 saturated carbocycles. The van der Waals surface area contributed by atoms with Gasteiger partial charge in [0.1, 0.15) is 15.7 Å². The number of hydrogen-bond acceptors (Lipinski definition) is 7. The van der Waals surface area contributed by atoms with Crippen molar-refractivity contribution in [1.82, 2.24) is 19.8 Å². The Hall–Kier alpha value is -2.39. The van der Waals surface area contributed by atoms with Gasteiger partial charge < -0.3 is 14.2 Å². The fourth-order valence-corrected chi connectivity index (χ4v) is 5.60. The maximum Gasteiger partial charge on any atom is 0.289 e. The fourth-order valence-electron chi connectivity index (χ4n) is 3.47. The lowest BCUT2D eigenvalue weighted by Gasteiger charge is -2.35. The van der Waals surface area contributed by atoms with Crippen molar-refractivity contribution in [1.29, 1.82) is 0 Å². The van der Waals surface area contributed by atoms with Crippen LogP contribution < -0.4 is 0 Å². The summed E-state index contributed by atoms with van der Waals surface area (Å²) in [5, 5.41) is 1.63. The number of aryl methyl sites for hydroxylation is 2. The zero-order chi connectivity index (χ0) is 21.3. The van der Waals surface area contributed by atoms with E-state index in [9.17, 15) is 9.59 Å². The van der Waals surface area contributed by atoms with E-state index in [2.05, 4.69) is 23.0 Å². The second-order valence-electron chi connectivity index (χ2n) is 7.22. The standard InChI is InChI=1S/C21H24N4O3S2/c1-4-15-12-16-18(22-14(3)23-19(16)30-15)29-13(2)20(26)24-7-9-25(10-8-24)21(27)17-6-5-11-28-17/h5-6,11-13H,4,7-10H2,1-3H3. The summed E-state index contributed by atoms with van der Waals surface area (Å²) in [6, 6.07) is 5.50. The topological polar surface area (TPSA) is 79.5 Å². The Kier molecular flexibility index (Phi) is 6.10. The molecule has 0 N–H and O–H groups in total. The van der Waals surface area contributed by atoms with E-state index in [1.165, 1.54) is 22.9 Å². The minimum absolute atomic E-state index is 0.0699. The number of nitrogens with zero attached hydrogens (tertiary/aromatic N) is 4. The van der Waals surface area contributed by atoms with Gasteiger partial charge in [-0.2, -0.15) is 0 Å². The lowest BCUT2D eigenvalue weighted by Crippen LogP contribution is -2.52. The molecule has 3 aromatic rings. The molecule has 0 spiro atoms. The van der Waals surface area contributed by atoms with Gasteiger partial charge in [0.25, 0.3) is 5.91 Å². The van der Waals surface area contributed by atoms with Gasteiger partial charge in [0.2, 0.25) is 5.91 Å². The second-order valence-corrected chi connectivity index (χ2v) is 9.66. The van der Waals surface area contributed by atoms with E-state index < -0.39 is 0 Å². The van der Waals surface area contributed by atoms with Crippen molar-refractivity contribution in [3.8, 4) is 0 Å². The van der Waals surface area contributed by atoms with Crippen molar-refractivity contribution in [3.05, 3.63) is 40.9 Å². The minimum atomic E-state index is -0.264. The van der Waals surface area contributed by atoms with Gasteiger partial charge in [0.15, 0.2) is 5.76 Å². The van der Waals surface area contributed by atoms with E-state index in [0.29, 0.717) is 31.9 Å². The quantitative estimate of drug-likeness (QED) is 0.442. The van der Waals surface area contributed by atoms with Crippen LogP contribution in [0.25, 0.3) is 10.2 Å². The van der Waals surface area contributed by atoms with Crippen molar-refractivity contribution < 1.29 is 14.0 Å². The van der Waals surface area contributed by atoms with Crippen LogP contribution in [0, 0.1) is 6.92 Å². The molecule has 1 aliphatic rings. The molecule has 7 nitrogen and oxygen atoms in total. The molecule has 0 bridgehead atoms. The number of thioether (sulfide) groups is 1. The molecular weight excluding hydrogens is 420 g/mol. The normalized spacial score (nSPS) is 15.6. The monoisotopic (exact) mass is 444 g/mol. The molecule has 3 aromatic heterocycles. The lowest BCUT2D eigenvalue weighted by atomic mass is 10.2. The van der Waals surface area contributed by atoms with E-state index in [-0.39, 0.29) is 17.1 Å². The van der Waals surface area contributed by atoms with Gasteiger partial charge in [-0.3, -0.25) is 9.59 Å². The number of fused-ring (bicyclic) bond motifs is 1. The highest BCUT2D eigenvalue weighted by Gasteiger charge is 2.29. The predicted octanol–water partition coefficient (Wildman–Crippen LogP) is 3.62. The first-order valence-electron chi connectivity index (χ1n) is 10.0. The predicted molar refractivity (Wildman–Crippen MR) is 118 cm³/mol. The Labute approximate surface area is 183 Å². The van der Waals surface area contributed by atoms with Gasteiger partial charge in [-0.15, -0.1) is 11.3 Å². The first-order valence-corrected chi connectivity index (χ1v) is 11.7. The maximum absolute atomic E-state index is 13.0. The fraction of sp³-hybridized carbons (Fsp3) is 0.429.